The van der Waals surface area contributed by atoms with Crippen molar-refractivity contribution in [1.29, 1.82) is 0 Å². The topological polar surface area (TPSA) is 70.4 Å². The molecule has 1 heterocycles. The van der Waals surface area contributed by atoms with Crippen LogP contribution in [-0.4, -0.2) is 35.2 Å². The third-order valence-electron chi connectivity index (χ3n) is 4.14. The first-order chi connectivity index (χ1) is 10.8. The Kier molecular flexibility index (Phi) is 7.72. The quantitative estimate of drug-likeness (QED) is 0.603. The van der Waals surface area contributed by atoms with Crippen LogP contribution in [0.5, 0.6) is 0 Å². The monoisotopic (exact) mass is 491 g/mol. The summed E-state index contributed by atoms with van der Waals surface area (Å²) < 4.78 is 0. The van der Waals surface area contributed by atoms with E-state index in [1.807, 2.05) is 30.3 Å². The van der Waals surface area contributed by atoms with Gasteiger partial charge in [0, 0.05) is 46.4 Å². The number of carbonyl (C=O) groups is 1. The molecule has 0 unspecified atom stereocenters. The van der Waals surface area contributed by atoms with E-state index in [1.165, 1.54) is 5.56 Å². The Morgan fingerprint density at radius 3 is 2.43 bits per heavy atom. The van der Waals surface area contributed by atoms with Crippen molar-refractivity contribution in [2.75, 3.05) is 14.2 Å². The van der Waals surface area contributed by atoms with Crippen LogP contribution in [0.3, 0.4) is 0 Å². The maximum absolute atomic E-state index is 12.2. The summed E-state index contributed by atoms with van der Waals surface area (Å²) in [6.07, 6.45) is 3.85. The van der Waals surface area contributed by atoms with Crippen LogP contribution in [0.25, 0.3) is 11.3 Å². The fourth-order valence-electron chi connectivity index (χ4n) is 3.03. The predicted molar refractivity (Wildman–Crippen MR) is 84.6 cm³/mol. The normalized spacial score (nSPS) is 19.6. The van der Waals surface area contributed by atoms with Gasteiger partial charge in [0.15, 0.2) is 0 Å². The number of carbonyl (C=O) groups excluding carboxylic acids is 1. The van der Waals surface area contributed by atoms with E-state index in [4.69, 9.17) is 10.2 Å². The molecule has 1 radical (unpaired) electrons. The molecule has 2 aromatic rings. The molecule has 0 spiro atoms. The molecule has 5 rings (SSSR count). The minimum atomic E-state index is 0. The van der Waals surface area contributed by atoms with Crippen molar-refractivity contribution >= 4 is 5.78 Å². The van der Waals surface area contributed by atoms with E-state index in [0.29, 0.717) is 11.7 Å². The van der Waals surface area contributed by atoms with Gasteiger partial charge in [-0.3, -0.25) is 4.79 Å². The van der Waals surface area contributed by atoms with Crippen molar-refractivity contribution < 1.29 is 35.1 Å². The molecule has 1 saturated carbocycles. The number of benzene rings is 1. The zero-order valence-electron chi connectivity index (χ0n) is 13.1. The Bertz CT molecular complexity index is 640. The summed E-state index contributed by atoms with van der Waals surface area (Å²) in [6, 6.07) is 13.0. The molecule has 1 aromatic carbocycles. The number of aliphatic hydroxyl groups is 2. The first kappa shape index (κ1) is 19.7. The van der Waals surface area contributed by atoms with Crippen molar-refractivity contribution in [3.05, 3.63) is 53.7 Å². The number of pyridine rings is 1. The van der Waals surface area contributed by atoms with Gasteiger partial charge in [-0.1, -0.05) is 17.7 Å². The van der Waals surface area contributed by atoms with Gasteiger partial charge in [-0.2, -0.15) is 0 Å². The van der Waals surface area contributed by atoms with E-state index in [9.17, 15) is 4.79 Å². The van der Waals surface area contributed by atoms with Gasteiger partial charge in [0.2, 0.25) is 0 Å². The standard InChI is InChI=1S/C16H12NO.2CH4O.Ir/c18-16-12-7-11(8-12)13-5-4-10(9-14(13)16)15-3-1-2-6-17-15;2*1-2;/h1-3,5-6,9,11-12H,7-8H2;2*2H,1H3;/q-1;;;. The first-order valence-corrected chi connectivity index (χ1v) is 7.23. The predicted octanol–water partition coefficient (Wildman–Crippen LogP) is 2.45. The Balaban J connectivity index is 0.000000494. The second kappa shape index (κ2) is 9.04. The number of ketones is 1. The van der Waals surface area contributed by atoms with Crippen molar-refractivity contribution in [2.24, 2.45) is 5.92 Å². The summed E-state index contributed by atoms with van der Waals surface area (Å²) in [4.78, 5) is 16.5. The largest absolute Gasteiger partial charge is 0.400 e. The Hall–Kier alpha value is -1.39. The van der Waals surface area contributed by atoms with Gasteiger partial charge in [-0.25, -0.2) is 0 Å². The van der Waals surface area contributed by atoms with Gasteiger partial charge >= 0.3 is 0 Å². The van der Waals surface area contributed by atoms with Gasteiger partial charge in [-0.05, 0) is 30.5 Å². The number of hydrogen-bond acceptors (Lipinski definition) is 4. The molecule has 0 atom stereocenters. The fourth-order valence-corrected chi connectivity index (χ4v) is 3.03. The molecule has 23 heavy (non-hydrogen) atoms. The molecule has 4 nitrogen and oxygen atoms in total. The fraction of sp³-hybridized carbons (Fsp3) is 0.333. The molecule has 2 bridgehead atoms. The third kappa shape index (κ3) is 3.75. The van der Waals surface area contributed by atoms with E-state index >= 15 is 0 Å². The van der Waals surface area contributed by atoms with Gasteiger partial charge < -0.3 is 15.2 Å². The first-order valence-electron chi connectivity index (χ1n) is 7.23. The number of aromatic nitrogens is 1. The van der Waals surface area contributed by atoms with Gasteiger partial charge in [0.05, 0.1) is 0 Å². The van der Waals surface area contributed by atoms with E-state index in [-0.39, 0.29) is 26.0 Å². The number of rotatable bonds is 1. The average molecular weight is 491 g/mol. The Morgan fingerprint density at radius 1 is 1.13 bits per heavy atom. The van der Waals surface area contributed by atoms with E-state index in [0.717, 1.165) is 43.9 Å². The van der Waals surface area contributed by atoms with Crippen LogP contribution in [-0.2, 0) is 20.1 Å². The minimum Gasteiger partial charge on any atom is -0.400 e. The molecule has 1 aromatic heterocycles. The summed E-state index contributed by atoms with van der Waals surface area (Å²) in [7, 11) is 2.00. The molecule has 0 aliphatic heterocycles. The van der Waals surface area contributed by atoms with Crippen molar-refractivity contribution in [3.8, 4) is 11.3 Å². The second-order valence-corrected chi connectivity index (χ2v) is 5.16. The van der Waals surface area contributed by atoms with Crippen LogP contribution in [0.15, 0.2) is 36.5 Å². The number of aliphatic hydroxyl groups excluding tert-OH is 2. The summed E-state index contributed by atoms with van der Waals surface area (Å²) >= 11 is 0. The number of nitrogens with zero attached hydrogens (tertiary/aromatic N) is 1. The van der Waals surface area contributed by atoms with Crippen molar-refractivity contribution in [2.45, 2.75) is 18.8 Å². The zero-order valence-corrected chi connectivity index (χ0v) is 15.5. The second-order valence-electron chi connectivity index (χ2n) is 5.16. The maximum atomic E-state index is 12.2. The maximum Gasteiger partial charge on any atom is 0.148 e. The van der Waals surface area contributed by atoms with Crippen LogP contribution >= 0.6 is 0 Å². The Labute approximate surface area is 149 Å². The van der Waals surface area contributed by atoms with Crippen molar-refractivity contribution in [3.63, 3.8) is 0 Å². The van der Waals surface area contributed by atoms with Crippen LogP contribution in [0.1, 0.15) is 34.7 Å². The van der Waals surface area contributed by atoms with E-state index < -0.39 is 0 Å². The summed E-state index contributed by atoms with van der Waals surface area (Å²) in [5, 5.41) is 14.0. The molecule has 5 heteroatoms. The van der Waals surface area contributed by atoms with E-state index in [1.54, 1.807) is 6.20 Å². The van der Waals surface area contributed by atoms with Gasteiger partial charge in [0.1, 0.15) is 5.78 Å². The van der Waals surface area contributed by atoms with Crippen LogP contribution in [0.2, 0.25) is 0 Å². The van der Waals surface area contributed by atoms with Crippen molar-refractivity contribution in [1.82, 2.24) is 4.98 Å². The minimum absolute atomic E-state index is 0. The molecule has 3 aliphatic carbocycles. The Morgan fingerprint density at radius 2 is 1.83 bits per heavy atom. The molecular weight excluding hydrogens is 470 g/mol. The number of Topliss-reactive ketones (excluding diaryl/α,β-unsaturated/α-hetero) is 1. The van der Waals surface area contributed by atoms with Crippen LogP contribution in [0.4, 0.5) is 0 Å². The summed E-state index contributed by atoms with van der Waals surface area (Å²) in [5.41, 5.74) is 3.90. The molecular formula is C18H20IrNO3-. The average Bonchev–Trinajstić information content (AvgIpc) is 2.58. The van der Waals surface area contributed by atoms with E-state index in [2.05, 4.69) is 11.1 Å². The summed E-state index contributed by atoms with van der Waals surface area (Å²) in [5.74, 6) is 1.19. The summed E-state index contributed by atoms with van der Waals surface area (Å²) in [6.45, 7) is 0. The van der Waals surface area contributed by atoms with Gasteiger partial charge in [0.25, 0.3) is 0 Å². The number of hydrogen-bond donors (Lipinski definition) is 2. The molecule has 125 valence electrons. The molecule has 0 amide bonds. The third-order valence-corrected chi connectivity index (χ3v) is 4.14. The smallest absolute Gasteiger partial charge is 0.148 e. The molecule has 0 saturated heterocycles. The SMILES string of the molecule is CO.CO.O=C1c2cc(-c3ccccn3)[c-]cc2C2CC1C2.[Ir]. The zero-order chi connectivity index (χ0) is 16.1. The van der Waals surface area contributed by atoms with Crippen LogP contribution in [0, 0.1) is 12.0 Å². The molecule has 3 aliphatic rings. The molecule has 2 N–H and O–H groups in total. The van der Waals surface area contributed by atoms with Gasteiger partial charge in [-0.15, -0.1) is 29.3 Å². The van der Waals surface area contributed by atoms with Crippen LogP contribution < -0.4 is 0 Å². The molecule has 1 fully saturated rings.